The Bertz CT molecular complexity index is 549. The van der Waals surface area contributed by atoms with Crippen LogP contribution in [0.25, 0.3) is 11.3 Å². The lowest BCUT2D eigenvalue weighted by Gasteiger charge is -2.30. The highest BCUT2D eigenvalue weighted by molar-refractivity contribution is 5.75. The molecule has 1 aliphatic rings. The van der Waals surface area contributed by atoms with E-state index >= 15 is 0 Å². The van der Waals surface area contributed by atoms with E-state index in [9.17, 15) is 0 Å². The van der Waals surface area contributed by atoms with Crippen LogP contribution in [0.3, 0.4) is 0 Å². The number of rotatable bonds is 2. The predicted molar refractivity (Wildman–Crippen MR) is 77.0 cm³/mol. The summed E-state index contributed by atoms with van der Waals surface area (Å²) < 4.78 is 0. The zero-order valence-electron chi connectivity index (χ0n) is 10.7. The van der Waals surface area contributed by atoms with Gasteiger partial charge in [-0.1, -0.05) is 30.3 Å². The summed E-state index contributed by atoms with van der Waals surface area (Å²) in [7, 11) is 0. The molecule has 0 saturated carbocycles. The number of anilines is 2. The van der Waals surface area contributed by atoms with E-state index in [2.05, 4.69) is 20.2 Å². The average Bonchev–Trinajstić information content (AvgIpc) is 2.49. The highest BCUT2D eigenvalue weighted by Crippen LogP contribution is 2.28. The molecule has 0 atom stereocenters. The van der Waals surface area contributed by atoms with Crippen LogP contribution in [-0.2, 0) is 0 Å². The minimum absolute atomic E-state index is 0.317. The van der Waals surface area contributed by atoms with Crippen LogP contribution in [0.1, 0.15) is 0 Å². The summed E-state index contributed by atoms with van der Waals surface area (Å²) in [5.41, 5.74) is 8.78. The summed E-state index contributed by atoms with van der Waals surface area (Å²) in [5.74, 6) is 0.317. The minimum atomic E-state index is 0.317. The zero-order chi connectivity index (χ0) is 13.1. The maximum absolute atomic E-state index is 5.74. The highest BCUT2D eigenvalue weighted by Gasteiger charge is 2.17. The Morgan fingerprint density at radius 2 is 1.84 bits per heavy atom. The fraction of sp³-hybridized carbons (Fsp3) is 0.286. The van der Waals surface area contributed by atoms with Crippen molar-refractivity contribution in [3.05, 3.63) is 36.5 Å². The molecule has 1 fully saturated rings. The molecule has 0 bridgehead atoms. The molecule has 1 aliphatic heterocycles. The van der Waals surface area contributed by atoms with Gasteiger partial charge in [0.15, 0.2) is 0 Å². The number of hydrogen-bond donors (Lipinski definition) is 2. The van der Waals surface area contributed by atoms with Gasteiger partial charge in [0.1, 0.15) is 0 Å². The first-order valence-electron chi connectivity index (χ1n) is 6.48. The third-order valence-electron chi connectivity index (χ3n) is 3.29. The Kier molecular flexibility index (Phi) is 3.29. The molecule has 0 radical (unpaired) electrons. The first kappa shape index (κ1) is 11.9. The molecular formula is C14H17N5. The Hall–Kier alpha value is -2.14. The van der Waals surface area contributed by atoms with Gasteiger partial charge in [-0.05, 0) is 0 Å². The van der Waals surface area contributed by atoms with Crippen molar-refractivity contribution >= 4 is 11.6 Å². The fourth-order valence-corrected chi connectivity index (χ4v) is 2.33. The molecular weight excluding hydrogens is 238 g/mol. The Morgan fingerprint density at radius 1 is 1.11 bits per heavy atom. The molecule has 0 spiro atoms. The van der Waals surface area contributed by atoms with Crippen LogP contribution in [0, 0.1) is 0 Å². The van der Waals surface area contributed by atoms with E-state index in [1.54, 1.807) is 0 Å². The number of benzene rings is 1. The van der Waals surface area contributed by atoms with Crippen molar-refractivity contribution < 1.29 is 0 Å². The van der Waals surface area contributed by atoms with E-state index in [-0.39, 0.29) is 0 Å². The van der Waals surface area contributed by atoms with Gasteiger partial charge < -0.3 is 16.0 Å². The average molecular weight is 255 g/mol. The molecule has 0 aliphatic carbocycles. The standard InChI is InChI=1S/C14H17N5/c15-14-17-10-12(19-8-6-16-7-9-19)13(18-14)11-4-2-1-3-5-11/h1-5,10,16H,6-9H2,(H2,15,17,18). The van der Waals surface area contributed by atoms with Gasteiger partial charge in [0, 0.05) is 31.7 Å². The van der Waals surface area contributed by atoms with Gasteiger partial charge in [-0.2, -0.15) is 0 Å². The number of aromatic nitrogens is 2. The third kappa shape index (κ3) is 2.51. The minimum Gasteiger partial charge on any atom is -0.368 e. The predicted octanol–water partition coefficient (Wildman–Crippen LogP) is 1.14. The van der Waals surface area contributed by atoms with Crippen molar-refractivity contribution in [3.63, 3.8) is 0 Å². The van der Waals surface area contributed by atoms with Crippen LogP contribution < -0.4 is 16.0 Å². The van der Waals surface area contributed by atoms with E-state index in [1.807, 2.05) is 36.5 Å². The number of nitrogens with one attached hydrogen (secondary N) is 1. The molecule has 0 amide bonds. The molecule has 1 aromatic heterocycles. The Labute approximate surface area is 112 Å². The lowest BCUT2D eigenvalue weighted by Crippen LogP contribution is -2.43. The van der Waals surface area contributed by atoms with Gasteiger partial charge in [-0.15, -0.1) is 0 Å². The second-order valence-corrected chi connectivity index (χ2v) is 4.57. The monoisotopic (exact) mass is 255 g/mol. The Morgan fingerprint density at radius 3 is 2.58 bits per heavy atom. The maximum atomic E-state index is 5.74. The second-order valence-electron chi connectivity index (χ2n) is 4.57. The third-order valence-corrected chi connectivity index (χ3v) is 3.29. The molecule has 0 unspecified atom stereocenters. The van der Waals surface area contributed by atoms with Gasteiger partial charge in [-0.3, -0.25) is 0 Å². The molecule has 19 heavy (non-hydrogen) atoms. The highest BCUT2D eigenvalue weighted by atomic mass is 15.2. The second kappa shape index (κ2) is 5.24. The molecule has 98 valence electrons. The number of nitrogens with zero attached hydrogens (tertiary/aromatic N) is 3. The lowest BCUT2D eigenvalue weighted by molar-refractivity contribution is 0.588. The molecule has 5 heteroatoms. The van der Waals surface area contributed by atoms with Gasteiger partial charge in [0.2, 0.25) is 5.95 Å². The van der Waals surface area contributed by atoms with E-state index in [0.717, 1.165) is 43.1 Å². The number of nitrogens with two attached hydrogens (primary N) is 1. The summed E-state index contributed by atoms with van der Waals surface area (Å²) in [6.45, 7) is 3.90. The first-order chi connectivity index (χ1) is 9.34. The SMILES string of the molecule is Nc1ncc(N2CCNCC2)c(-c2ccccc2)n1. The first-order valence-corrected chi connectivity index (χ1v) is 6.48. The van der Waals surface area contributed by atoms with Gasteiger partial charge in [0.05, 0.1) is 17.6 Å². The number of piperazine rings is 1. The van der Waals surface area contributed by atoms with Gasteiger partial charge >= 0.3 is 0 Å². The van der Waals surface area contributed by atoms with Crippen molar-refractivity contribution in [2.24, 2.45) is 0 Å². The molecule has 2 aromatic rings. The maximum Gasteiger partial charge on any atom is 0.220 e. The van der Waals surface area contributed by atoms with Crippen LogP contribution in [0.5, 0.6) is 0 Å². The fourth-order valence-electron chi connectivity index (χ4n) is 2.33. The van der Waals surface area contributed by atoms with Crippen LogP contribution in [0.2, 0.25) is 0 Å². The molecule has 5 nitrogen and oxygen atoms in total. The van der Waals surface area contributed by atoms with Crippen molar-refractivity contribution in [1.82, 2.24) is 15.3 Å². The number of hydrogen-bond acceptors (Lipinski definition) is 5. The van der Waals surface area contributed by atoms with Crippen LogP contribution in [0.4, 0.5) is 11.6 Å². The Balaban J connectivity index is 2.04. The van der Waals surface area contributed by atoms with Crippen LogP contribution in [-0.4, -0.2) is 36.1 Å². The van der Waals surface area contributed by atoms with E-state index in [0.29, 0.717) is 5.95 Å². The molecule has 2 heterocycles. The summed E-state index contributed by atoms with van der Waals surface area (Å²) in [6, 6.07) is 10.1. The summed E-state index contributed by atoms with van der Waals surface area (Å²) >= 11 is 0. The van der Waals surface area contributed by atoms with Crippen molar-refractivity contribution in [2.45, 2.75) is 0 Å². The molecule has 3 N–H and O–H groups in total. The van der Waals surface area contributed by atoms with Gasteiger partial charge in [0.25, 0.3) is 0 Å². The normalized spacial score (nSPS) is 15.5. The van der Waals surface area contributed by atoms with Crippen molar-refractivity contribution in [1.29, 1.82) is 0 Å². The van der Waals surface area contributed by atoms with Crippen molar-refractivity contribution in [2.75, 3.05) is 36.8 Å². The van der Waals surface area contributed by atoms with Crippen LogP contribution >= 0.6 is 0 Å². The van der Waals surface area contributed by atoms with Crippen molar-refractivity contribution in [3.8, 4) is 11.3 Å². The smallest absolute Gasteiger partial charge is 0.220 e. The van der Waals surface area contributed by atoms with Gasteiger partial charge in [-0.25, -0.2) is 9.97 Å². The lowest BCUT2D eigenvalue weighted by atomic mass is 10.1. The summed E-state index contributed by atoms with van der Waals surface area (Å²) in [4.78, 5) is 10.9. The number of nitrogen functional groups attached to an aromatic ring is 1. The molecule has 3 rings (SSSR count). The van der Waals surface area contributed by atoms with E-state index in [1.165, 1.54) is 0 Å². The summed E-state index contributed by atoms with van der Waals surface area (Å²) in [5, 5.41) is 3.35. The largest absolute Gasteiger partial charge is 0.368 e. The summed E-state index contributed by atoms with van der Waals surface area (Å²) in [6.07, 6.45) is 1.83. The molecule has 1 saturated heterocycles. The van der Waals surface area contributed by atoms with E-state index < -0.39 is 0 Å². The van der Waals surface area contributed by atoms with E-state index in [4.69, 9.17) is 5.73 Å². The molecule has 1 aromatic carbocycles. The topological polar surface area (TPSA) is 67.1 Å². The zero-order valence-corrected chi connectivity index (χ0v) is 10.7. The van der Waals surface area contributed by atoms with Crippen LogP contribution in [0.15, 0.2) is 36.5 Å². The quantitative estimate of drug-likeness (QED) is 0.842.